The summed E-state index contributed by atoms with van der Waals surface area (Å²) in [6.45, 7) is 9.67. The molecule has 0 amide bonds. The zero-order valence-electron chi connectivity index (χ0n) is 12.7. The van der Waals surface area contributed by atoms with Crippen molar-refractivity contribution >= 4 is 21.9 Å². The van der Waals surface area contributed by atoms with Crippen LogP contribution < -0.4 is 0 Å². The third-order valence-electron chi connectivity index (χ3n) is 2.79. The van der Waals surface area contributed by atoms with E-state index in [2.05, 4.69) is 15.9 Å². The molecule has 0 aliphatic carbocycles. The Bertz CT molecular complexity index is 478. The molecule has 20 heavy (non-hydrogen) atoms. The quantitative estimate of drug-likeness (QED) is 0.713. The summed E-state index contributed by atoms with van der Waals surface area (Å²) in [5, 5.41) is 0. The van der Waals surface area contributed by atoms with E-state index in [0.29, 0.717) is 16.5 Å². The molecule has 0 aromatic heterocycles. The van der Waals surface area contributed by atoms with Gasteiger partial charge < -0.3 is 4.74 Å². The molecule has 0 radical (unpaired) electrons. The summed E-state index contributed by atoms with van der Waals surface area (Å²) < 4.78 is 20.1. The highest BCUT2D eigenvalue weighted by Gasteiger charge is 2.30. The Kier molecular flexibility index (Phi) is 5.75. The summed E-state index contributed by atoms with van der Waals surface area (Å²) in [4.78, 5) is 12.3. The second-order valence-corrected chi connectivity index (χ2v) is 7.38. The van der Waals surface area contributed by atoms with Gasteiger partial charge in [-0.1, -0.05) is 42.8 Å². The maximum atomic E-state index is 14.1. The van der Waals surface area contributed by atoms with Crippen LogP contribution in [0.3, 0.4) is 0 Å². The molecule has 0 fully saturated rings. The van der Waals surface area contributed by atoms with E-state index in [1.54, 1.807) is 26.0 Å². The molecule has 0 spiro atoms. The summed E-state index contributed by atoms with van der Waals surface area (Å²) in [6.07, 6.45) is 0.334. The van der Waals surface area contributed by atoms with Crippen molar-refractivity contribution in [1.29, 1.82) is 0 Å². The third-order valence-corrected chi connectivity index (χ3v) is 3.28. The molecular weight excluding hydrogens is 323 g/mol. The lowest BCUT2D eigenvalue weighted by Crippen LogP contribution is -2.24. The highest BCUT2D eigenvalue weighted by Crippen LogP contribution is 2.34. The van der Waals surface area contributed by atoms with E-state index >= 15 is 0 Å². The molecule has 0 N–H and O–H groups in total. The molecule has 1 atom stereocenters. The van der Waals surface area contributed by atoms with E-state index in [1.165, 1.54) is 6.07 Å². The van der Waals surface area contributed by atoms with Crippen LogP contribution in [-0.4, -0.2) is 12.1 Å². The maximum Gasteiger partial charge on any atom is 0.313 e. The van der Waals surface area contributed by atoms with Gasteiger partial charge in [-0.05, 0) is 37.8 Å². The molecule has 1 aromatic carbocycles. The zero-order chi connectivity index (χ0) is 15.5. The number of esters is 1. The van der Waals surface area contributed by atoms with Gasteiger partial charge in [0.25, 0.3) is 0 Å². The fourth-order valence-corrected chi connectivity index (χ4v) is 2.36. The molecule has 0 saturated heterocycles. The lowest BCUT2D eigenvalue weighted by molar-refractivity contribution is -0.150. The molecule has 0 aliphatic rings. The van der Waals surface area contributed by atoms with Crippen molar-refractivity contribution < 1.29 is 13.9 Å². The van der Waals surface area contributed by atoms with E-state index in [0.717, 1.165) is 0 Å². The van der Waals surface area contributed by atoms with Crippen LogP contribution in [0.5, 0.6) is 0 Å². The van der Waals surface area contributed by atoms with Crippen LogP contribution in [0.1, 0.15) is 52.5 Å². The van der Waals surface area contributed by atoms with Gasteiger partial charge in [0, 0.05) is 10.0 Å². The number of benzene rings is 1. The Morgan fingerprint density at radius 1 is 1.35 bits per heavy atom. The monoisotopic (exact) mass is 344 g/mol. The Balaban J connectivity index is 3.12. The average molecular weight is 345 g/mol. The van der Waals surface area contributed by atoms with Crippen LogP contribution >= 0.6 is 15.9 Å². The summed E-state index contributed by atoms with van der Waals surface area (Å²) in [5.41, 5.74) is 0.300. The second-order valence-electron chi connectivity index (χ2n) is 6.47. The van der Waals surface area contributed by atoms with Crippen LogP contribution in [0.2, 0.25) is 0 Å². The molecule has 1 unspecified atom stereocenters. The van der Waals surface area contributed by atoms with Gasteiger partial charge in [0.15, 0.2) is 0 Å². The summed E-state index contributed by atoms with van der Waals surface area (Å²) in [5.74, 6) is -1.32. The van der Waals surface area contributed by atoms with E-state index in [9.17, 15) is 9.18 Å². The predicted octanol–water partition coefficient (Wildman–Crippen LogP) is 5.06. The molecule has 0 aliphatic heterocycles. The van der Waals surface area contributed by atoms with Crippen LogP contribution in [0.15, 0.2) is 22.7 Å². The lowest BCUT2D eigenvalue weighted by Gasteiger charge is -2.26. The standard InChI is InChI=1S/C16H22BrFO2/c1-10(2)20-15(19)13(9-16(3,4)5)12-7-6-11(17)8-14(12)18/h6-8,10,13H,9H2,1-5H3. The number of hydrogen-bond donors (Lipinski definition) is 0. The predicted molar refractivity (Wildman–Crippen MR) is 82.1 cm³/mol. The summed E-state index contributed by atoms with van der Waals surface area (Å²) >= 11 is 3.23. The molecule has 1 aromatic rings. The van der Waals surface area contributed by atoms with Gasteiger partial charge in [-0.25, -0.2) is 4.39 Å². The first-order valence-corrected chi connectivity index (χ1v) is 7.55. The van der Waals surface area contributed by atoms with Crippen LogP contribution in [0.25, 0.3) is 0 Å². The number of halogens is 2. The Morgan fingerprint density at radius 2 is 1.95 bits per heavy atom. The molecular formula is C16H22BrFO2. The Hall–Kier alpha value is -0.900. The average Bonchev–Trinajstić information content (AvgIpc) is 2.24. The van der Waals surface area contributed by atoms with Gasteiger partial charge in [-0.15, -0.1) is 0 Å². The van der Waals surface area contributed by atoms with Crippen LogP contribution in [0.4, 0.5) is 4.39 Å². The molecule has 2 nitrogen and oxygen atoms in total. The van der Waals surface area contributed by atoms with Crippen molar-refractivity contribution in [2.75, 3.05) is 0 Å². The van der Waals surface area contributed by atoms with Gasteiger partial charge >= 0.3 is 5.97 Å². The van der Waals surface area contributed by atoms with Crippen molar-refractivity contribution in [3.8, 4) is 0 Å². The van der Waals surface area contributed by atoms with Crippen molar-refractivity contribution in [2.24, 2.45) is 5.41 Å². The smallest absolute Gasteiger partial charge is 0.313 e. The lowest BCUT2D eigenvalue weighted by atomic mass is 9.81. The Morgan fingerprint density at radius 3 is 2.40 bits per heavy atom. The van der Waals surface area contributed by atoms with Crippen molar-refractivity contribution in [3.05, 3.63) is 34.1 Å². The minimum atomic E-state index is -0.578. The van der Waals surface area contributed by atoms with Crippen molar-refractivity contribution in [3.63, 3.8) is 0 Å². The molecule has 0 bridgehead atoms. The molecule has 112 valence electrons. The molecule has 0 heterocycles. The van der Waals surface area contributed by atoms with E-state index in [4.69, 9.17) is 4.74 Å². The largest absolute Gasteiger partial charge is 0.463 e. The fourth-order valence-electron chi connectivity index (χ4n) is 2.03. The molecule has 4 heteroatoms. The van der Waals surface area contributed by atoms with Crippen molar-refractivity contribution in [2.45, 2.75) is 53.1 Å². The van der Waals surface area contributed by atoms with Gasteiger partial charge in [0.05, 0.1) is 12.0 Å². The van der Waals surface area contributed by atoms with E-state index < -0.39 is 5.92 Å². The zero-order valence-corrected chi connectivity index (χ0v) is 14.3. The topological polar surface area (TPSA) is 26.3 Å². The van der Waals surface area contributed by atoms with Gasteiger partial charge in [0.2, 0.25) is 0 Å². The fraction of sp³-hybridized carbons (Fsp3) is 0.562. The van der Waals surface area contributed by atoms with Gasteiger partial charge in [0.1, 0.15) is 5.82 Å². The van der Waals surface area contributed by atoms with Gasteiger partial charge in [-0.2, -0.15) is 0 Å². The van der Waals surface area contributed by atoms with E-state index in [-0.39, 0.29) is 23.3 Å². The number of ether oxygens (including phenoxy) is 1. The van der Waals surface area contributed by atoms with Gasteiger partial charge in [-0.3, -0.25) is 4.79 Å². The minimum Gasteiger partial charge on any atom is -0.463 e. The normalized spacial score (nSPS) is 13.4. The first-order chi connectivity index (χ1) is 9.10. The third kappa shape index (κ3) is 5.23. The van der Waals surface area contributed by atoms with Crippen molar-refractivity contribution in [1.82, 2.24) is 0 Å². The Labute approximate surface area is 128 Å². The van der Waals surface area contributed by atoms with Crippen LogP contribution in [0, 0.1) is 11.2 Å². The first-order valence-electron chi connectivity index (χ1n) is 6.75. The highest BCUT2D eigenvalue weighted by molar-refractivity contribution is 9.10. The maximum absolute atomic E-state index is 14.1. The summed E-state index contributed by atoms with van der Waals surface area (Å²) in [6, 6.07) is 4.78. The highest BCUT2D eigenvalue weighted by atomic mass is 79.9. The number of hydrogen-bond acceptors (Lipinski definition) is 2. The second kappa shape index (κ2) is 6.70. The minimum absolute atomic E-state index is 0.0970. The number of carbonyl (C=O) groups is 1. The number of carbonyl (C=O) groups excluding carboxylic acids is 1. The molecule has 0 saturated carbocycles. The number of rotatable bonds is 4. The molecule has 1 rings (SSSR count). The first kappa shape index (κ1) is 17.2. The van der Waals surface area contributed by atoms with Crippen LogP contribution in [-0.2, 0) is 9.53 Å². The SMILES string of the molecule is CC(C)OC(=O)C(CC(C)(C)C)c1ccc(Br)cc1F. The van der Waals surface area contributed by atoms with E-state index in [1.807, 2.05) is 20.8 Å². The summed E-state index contributed by atoms with van der Waals surface area (Å²) in [7, 11) is 0.